The SMILES string of the molecule is CC(C)C[C@H](NC(=O)c1ccc(-n2cccc2)cc1)C(=O)N(C)C#N. The van der Waals surface area contributed by atoms with Crippen molar-refractivity contribution in [2.24, 2.45) is 5.92 Å². The highest BCUT2D eigenvalue weighted by Gasteiger charge is 2.25. The average molecular weight is 338 g/mol. The minimum Gasteiger partial charge on any atom is -0.340 e. The third kappa shape index (κ3) is 4.70. The molecule has 2 aromatic rings. The molecule has 1 atom stereocenters. The van der Waals surface area contributed by atoms with Crippen molar-refractivity contribution in [2.45, 2.75) is 26.3 Å². The van der Waals surface area contributed by atoms with Gasteiger partial charge < -0.3 is 9.88 Å². The fraction of sp³-hybridized carbons (Fsp3) is 0.316. The van der Waals surface area contributed by atoms with Crippen LogP contribution < -0.4 is 5.32 Å². The Labute approximate surface area is 147 Å². The van der Waals surface area contributed by atoms with Gasteiger partial charge in [0.2, 0.25) is 0 Å². The minimum absolute atomic E-state index is 0.206. The number of carbonyl (C=O) groups excluding carboxylic acids is 2. The van der Waals surface area contributed by atoms with Gasteiger partial charge in [-0.3, -0.25) is 14.5 Å². The van der Waals surface area contributed by atoms with Gasteiger partial charge in [-0.2, -0.15) is 5.26 Å². The number of amides is 2. The molecule has 0 saturated heterocycles. The highest BCUT2D eigenvalue weighted by molar-refractivity contribution is 5.97. The number of nitriles is 1. The van der Waals surface area contributed by atoms with Gasteiger partial charge in [-0.25, -0.2) is 0 Å². The van der Waals surface area contributed by atoms with Crippen LogP contribution in [0.3, 0.4) is 0 Å². The smallest absolute Gasteiger partial charge is 0.257 e. The van der Waals surface area contributed by atoms with Gasteiger partial charge in [-0.1, -0.05) is 13.8 Å². The van der Waals surface area contributed by atoms with Crippen molar-refractivity contribution in [3.63, 3.8) is 0 Å². The van der Waals surface area contributed by atoms with E-state index in [9.17, 15) is 9.59 Å². The summed E-state index contributed by atoms with van der Waals surface area (Å²) in [5, 5.41) is 11.6. The van der Waals surface area contributed by atoms with E-state index in [0.29, 0.717) is 12.0 Å². The Morgan fingerprint density at radius 2 is 1.80 bits per heavy atom. The van der Waals surface area contributed by atoms with E-state index in [1.165, 1.54) is 7.05 Å². The van der Waals surface area contributed by atoms with E-state index in [-0.39, 0.29) is 11.8 Å². The number of hydrogen-bond acceptors (Lipinski definition) is 3. The predicted octanol–water partition coefficient (Wildman–Crippen LogP) is 2.56. The van der Waals surface area contributed by atoms with Crippen LogP contribution in [0.15, 0.2) is 48.8 Å². The lowest BCUT2D eigenvalue weighted by Crippen LogP contribution is -2.46. The van der Waals surface area contributed by atoms with Crippen molar-refractivity contribution >= 4 is 11.8 Å². The Hall–Kier alpha value is -3.07. The largest absolute Gasteiger partial charge is 0.340 e. The maximum atomic E-state index is 12.5. The maximum absolute atomic E-state index is 12.5. The molecule has 25 heavy (non-hydrogen) atoms. The summed E-state index contributed by atoms with van der Waals surface area (Å²) in [5.74, 6) is -0.532. The third-order valence-electron chi connectivity index (χ3n) is 3.82. The molecule has 0 bridgehead atoms. The number of rotatable bonds is 6. The molecule has 0 aliphatic rings. The van der Waals surface area contributed by atoms with E-state index in [0.717, 1.165) is 10.6 Å². The number of hydrogen-bond donors (Lipinski definition) is 1. The van der Waals surface area contributed by atoms with Gasteiger partial charge in [0, 0.05) is 30.7 Å². The van der Waals surface area contributed by atoms with Crippen LogP contribution in [0.1, 0.15) is 30.6 Å². The molecular weight excluding hydrogens is 316 g/mol. The van der Waals surface area contributed by atoms with Crippen LogP contribution in [-0.4, -0.2) is 34.4 Å². The summed E-state index contributed by atoms with van der Waals surface area (Å²) >= 11 is 0. The molecule has 1 aromatic carbocycles. The predicted molar refractivity (Wildman–Crippen MR) is 94.9 cm³/mol. The van der Waals surface area contributed by atoms with Crippen molar-refractivity contribution in [2.75, 3.05) is 7.05 Å². The van der Waals surface area contributed by atoms with Crippen LogP contribution in [0.25, 0.3) is 5.69 Å². The highest BCUT2D eigenvalue weighted by atomic mass is 16.2. The van der Waals surface area contributed by atoms with Crippen LogP contribution in [0.4, 0.5) is 0 Å². The molecule has 2 amide bonds. The molecular formula is C19H22N4O2. The first-order valence-corrected chi connectivity index (χ1v) is 8.14. The Morgan fingerprint density at radius 1 is 1.20 bits per heavy atom. The van der Waals surface area contributed by atoms with E-state index in [4.69, 9.17) is 5.26 Å². The van der Waals surface area contributed by atoms with Crippen LogP contribution in [0, 0.1) is 17.4 Å². The summed E-state index contributed by atoms with van der Waals surface area (Å²) in [6.45, 7) is 3.93. The topological polar surface area (TPSA) is 78.1 Å². The molecule has 6 nitrogen and oxygen atoms in total. The fourth-order valence-electron chi connectivity index (χ4n) is 2.51. The number of carbonyl (C=O) groups is 2. The highest BCUT2D eigenvalue weighted by Crippen LogP contribution is 2.12. The van der Waals surface area contributed by atoms with Gasteiger partial charge >= 0.3 is 0 Å². The van der Waals surface area contributed by atoms with Gasteiger partial charge in [-0.05, 0) is 48.7 Å². The fourth-order valence-corrected chi connectivity index (χ4v) is 2.51. The first-order chi connectivity index (χ1) is 11.9. The van der Waals surface area contributed by atoms with Crippen molar-refractivity contribution in [3.05, 3.63) is 54.4 Å². The number of likely N-dealkylation sites (N-methyl/N-ethyl adjacent to an activating group) is 1. The Balaban J connectivity index is 2.12. The second kappa shape index (κ2) is 8.15. The van der Waals surface area contributed by atoms with Gasteiger partial charge in [0.15, 0.2) is 6.19 Å². The molecule has 0 aliphatic carbocycles. The molecule has 0 saturated carbocycles. The van der Waals surface area contributed by atoms with Gasteiger partial charge in [0.05, 0.1) is 0 Å². The lowest BCUT2D eigenvalue weighted by molar-refractivity contribution is -0.129. The zero-order valence-electron chi connectivity index (χ0n) is 14.6. The first kappa shape index (κ1) is 18.3. The first-order valence-electron chi connectivity index (χ1n) is 8.14. The zero-order valence-corrected chi connectivity index (χ0v) is 14.6. The molecule has 6 heteroatoms. The van der Waals surface area contributed by atoms with Gasteiger partial charge in [0.25, 0.3) is 11.8 Å². The van der Waals surface area contributed by atoms with Crippen molar-refractivity contribution in [1.29, 1.82) is 5.26 Å². The van der Waals surface area contributed by atoms with Gasteiger partial charge in [0.1, 0.15) is 6.04 Å². The van der Waals surface area contributed by atoms with E-state index in [1.54, 1.807) is 18.3 Å². The summed E-state index contributed by atoms with van der Waals surface area (Å²) in [6, 6.07) is 10.3. The number of aromatic nitrogens is 1. The third-order valence-corrected chi connectivity index (χ3v) is 3.82. The van der Waals surface area contributed by atoms with Crippen molar-refractivity contribution < 1.29 is 9.59 Å². The molecule has 2 rings (SSSR count). The molecule has 130 valence electrons. The monoisotopic (exact) mass is 338 g/mol. The second-order valence-electron chi connectivity index (χ2n) is 6.29. The number of benzene rings is 1. The van der Waals surface area contributed by atoms with E-state index in [1.807, 2.05) is 55.1 Å². The summed E-state index contributed by atoms with van der Waals surface area (Å²) in [5.41, 5.74) is 1.41. The molecule has 1 aromatic heterocycles. The molecule has 0 spiro atoms. The molecule has 0 fully saturated rings. The summed E-state index contributed by atoms with van der Waals surface area (Å²) < 4.78 is 1.94. The summed E-state index contributed by atoms with van der Waals surface area (Å²) in [7, 11) is 1.40. The van der Waals surface area contributed by atoms with Gasteiger partial charge in [-0.15, -0.1) is 0 Å². The zero-order chi connectivity index (χ0) is 18.4. The number of nitrogens with one attached hydrogen (secondary N) is 1. The molecule has 1 N–H and O–H groups in total. The van der Waals surface area contributed by atoms with Crippen LogP contribution in [0.5, 0.6) is 0 Å². The quantitative estimate of drug-likeness (QED) is 0.649. The molecule has 0 radical (unpaired) electrons. The Kier molecular flexibility index (Phi) is 5.96. The molecule has 0 unspecified atom stereocenters. The standard InChI is InChI=1S/C19H22N4O2/c1-14(2)12-17(19(25)22(3)13-20)21-18(24)15-6-8-16(9-7-15)23-10-4-5-11-23/h4-11,14,17H,12H2,1-3H3,(H,21,24)/t17-/m0/s1. The Bertz CT molecular complexity index is 758. The van der Waals surface area contributed by atoms with E-state index >= 15 is 0 Å². The second-order valence-corrected chi connectivity index (χ2v) is 6.29. The van der Waals surface area contributed by atoms with Crippen molar-refractivity contribution in [3.8, 4) is 11.9 Å². The molecule has 1 heterocycles. The average Bonchev–Trinajstić information content (AvgIpc) is 3.14. The summed E-state index contributed by atoms with van der Waals surface area (Å²) in [6.07, 6.45) is 6.10. The van der Waals surface area contributed by atoms with Crippen LogP contribution in [-0.2, 0) is 4.79 Å². The number of nitrogens with zero attached hydrogens (tertiary/aromatic N) is 3. The molecule has 0 aliphatic heterocycles. The van der Waals surface area contributed by atoms with Crippen molar-refractivity contribution in [1.82, 2.24) is 14.8 Å². The lowest BCUT2D eigenvalue weighted by Gasteiger charge is -2.21. The van der Waals surface area contributed by atoms with Crippen LogP contribution in [0.2, 0.25) is 0 Å². The lowest BCUT2D eigenvalue weighted by atomic mass is 10.0. The van der Waals surface area contributed by atoms with Crippen LogP contribution >= 0.6 is 0 Å². The van der Waals surface area contributed by atoms with E-state index in [2.05, 4.69) is 5.32 Å². The normalized spacial score (nSPS) is 11.6. The summed E-state index contributed by atoms with van der Waals surface area (Å²) in [4.78, 5) is 25.7. The maximum Gasteiger partial charge on any atom is 0.257 e. The minimum atomic E-state index is -0.721. The Morgan fingerprint density at radius 3 is 2.32 bits per heavy atom. The van der Waals surface area contributed by atoms with E-state index < -0.39 is 11.9 Å².